The molecule has 5 nitrogen and oxygen atoms in total. The summed E-state index contributed by atoms with van der Waals surface area (Å²) in [5, 5.41) is 20.9. The van der Waals surface area contributed by atoms with Crippen molar-refractivity contribution in [1.29, 1.82) is 0 Å². The van der Waals surface area contributed by atoms with Crippen LogP contribution < -0.4 is 4.74 Å². The fourth-order valence-corrected chi connectivity index (χ4v) is 2.44. The van der Waals surface area contributed by atoms with Crippen molar-refractivity contribution < 1.29 is 14.8 Å². The highest BCUT2D eigenvalue weighted by molar-refractivity contribution is 6.35. The lowest BCUT2D eigenvalue weighted by molar-refractivity contribution is -0.385. The van der Waals surface area contributed by atoms with Crippen molar-refractivity contribution in [1.82, 2.24) is 0 Å². The van der Waals surface area contributed by atoms with Gasteiger partial charge >= 0.3 is 0 Å². The van der Waals surface area contributed by atoms with Crippen molar-refractivity contribution in [2.45, 2.75) is 13.2 Å². The van der Waals surface area contributed by atoms with Crippen LogP contribution in [0.15, 0.2) is 36.4 Å². The quantitative estimate of drug-likeness (QED) is 0.666. The van der Waals surface area contributed by atoms with E-state index in [9.17, 15) is 15.2 Å². The van der Waals surface area contributed by atoms with E-state index in [0.717, 1.165) is 0 Å². The Morgan fingerprint density at radius 2 is 1.90 bits per heavy atom. The van der Waals surface area contributed by atoms with Crippen LogP contribution in [0, 0.1) is 10.1 Å². The van der Waals surface area contributed by atoms with Gasteiger partial charge in [0, 0.05) is 16.7 Å². The minimum atomic E-state index is -0.477. The number of nitrogens with zero attached hydrogens (tertiary/aromatic N) is 1. The summed E-state index contributed by atoms with van der Waals surface area (Å²) in [4.78, 5) is 10.5. The maximum Gasteiger partial charge on any atom is 0.276 e. The number of halogens is 2. The zero-order valence-electron chi connectivity index (χ0n) is 10.8. The number of aliphatic hydroxyl groups is 1. The molecule has 1 N–H and O–H groups in total. The first-order chi connectivity index (χ1) is 10.0. The Hall–Kier alpha value is -1.82. The average Bonchev–Trinajstić information content (AvgIpc) is 2.45. The predicted molar refractivity (Wildman–Crippen MR) is 79.8 cm³/mol. The standard InChI is InChI=1S/C14H11Cl2NO4/c15-11-5-10(7-18)14(12(16)6-11)21-8-9-3-1-2-4-13(9)17(19)20/h1-6,18H,7-8H2. The zero-order valence-corrected chi connectivity index (χ0v) is 12.3. The molecule has 0 heterocycles. The molecule has 0 bridgehead atoms. The third-order valence-electron chi connectivity index (χ3n) is 2.82. The van der Waals surface area contributed by atoms with Gasteiger partial charge in [-0.3, -0.25) is 10.1 Å². The molecule has 2 aromatic carbocycles. The Morgan fingerprint density at radius 3 is 2.57 bits per heavy atom. The van der Waals surface area contributed by atoms with Crippen LogP contribution in [-0.2, 0) is 13.2 Å². The van der Waals surface area contributed by atoms with Crippen LogP contribution in [0.5, 0.6) is 5.75 Å². The van der Waals surface area contributed by atoms with Crippen molar-refractivity contribution in [3.05, 3.63) is 67.7 Å². The molecule has 0 saturated carbocycles. The molecule has 7 heteroatoms. The van der Waals surface area contributed by atoms with Crippen molar-refractivity contribution in [3.63, 3.8) is 0 Å². The van der Waals surface area contributed by atoms with E-state index >= 15 is 0 Å². The van der Waals surface area contributed by atoms with Crippen molar-refractivity contribution in [2.75, 3.05) is 0 Å². The average molecular weight is 328 g/mol. The van der Waals surface area contributed by atoms with Crippen LogP contribution in [-0.4, -0.2) is 10.0 Å². The number of benzene rings is 2. The summed E-state index contributed by atoms with van der Waals surface area (Å²) in [7, 11) is 0. The predicted octanol–water partition coefficient (Wildman–Crippen LogP) is 3.97. The van der Waals surface area contributed by atoms with Gasteiger partial charge in [0.1, 0.15) is 12.4 Å². The third-order valence-corrected chi connectivity index (χ3v) is 3.31. The molecule has 0 aliphatic heterocycles. The summed E-state index contributed by atoms with van der Waals surface area (Å²) in [5.74, 6) is 0.265. The minimum absolute atomic E-state index is 0.0341. The molecule has 0 spiro atoms. The summed E-state index contributed by atoms with van der Waals surface area (Å²) in [6.45, 7) is -0.335. The highest BCUT2D eigenvalue weighted by atomic mass is 35.5. The lowest BCUT2D eigenvalue weighted by atomic mass is 10.2. The van der Waals surface area contributed by atoms with Crippen LogP contribution in [0.4, 0.5) is 5.69 Å². The second-order valence-corrected chi connectivity index (χ2v) is 5.05. The summed E-state index contributed by atoms with van der Waals surface area (Å²) < 4.78 is 5.54. The van der Waals surface area contributed by atoms with Crippen LogP contribution in [0.1, 0.15) is 11.1 Å². The summed E-state index contributed by atoms with van der Waals surface area (Å²) in [6, 6.07) is 9.27. The molecule has 0 aliphatic rings. The first-order valence-corrected chi connectivity index (χ1v) is 6.72. The smallest absolute Gasteiger partial charge is 0.276 e. The largest absolute Gasteiger partial charge is 0.487 e. The number of aliphatic hydroxyl groups excluding tert-OH is 1. The summed E-state index contributed by atoms with van der Waals surface area (Å²) >= 11 is 11.9. The van der Waals surface area contributed by atoms with Crippen LogP contribution in [0.25, 0.3) is 0 Å². The van der Waals surface area contributed by atoms with Gasteiger partial charge in [-0.15, -0.1) is 0 Å². The number of nitro groups is 1. The molecule has 0 fully saturated rings. The molecular formula is C14H11Cl2NO4. The molecular weight excluding hydrogens is 317 g/mol. The van der Waals surface area contributed by atoms with Gasteiger partial charge in [0.05, 0.1) is 22.1 Å². The van der Waals surface area contributed by atoms with E-state index in [-0.39, 0.29) is 29.7 Å². The molecule has 0 atom stereocenters. The number of ether oxygens (including phenoxy) is 1. The van der Waals surface area contributed by atoms with E-state index in [1.54, 1.807) is 18.2 Å². The molecule has 0 amide bonds. The van der Waals surface area contributed by atoms with Crippen LogP contribution >= 0.6 is 23.2 Å². The highest BCUT2D eigenvalue weighted by Gasteiger charge is 2.15. The molecule has 0 unspecified atom stereocenters. The Labute approximate surface area is 130 Å². The van der Waals surface area contributed by atoms with Crippen molar-refractivity contribution >= 4 is 28.9 Å². The highest BCUT2D eigenvalue weighted by Crippen LogP contribution is 2.33. The maximum absolute atomic E-state index is 10.9. The second kappa shape index (κ2) is 6.76. The number of para-hydroxylation sites is 1. The van der Waals surface area contributed by atoms with Gasteiger partial charge in [0.2, 0.25) is 0 Å². The van der Waals surface area contributed by atoms with Gasteiger partial charge < -0.3 is 9.84 Å². The zero-order chi connectivity index (χ0) is 15.4. The van der Waals surface area contributed by atoms with E-state index in [0.29, 0.717) is 16.1 Å². The van der Waals surface area contributed by atoms with Gasteiger partial charge in [-0.25, -0.2) is 0 Å². The van der Waals surface area contributed by atoms with E-state index < -0.39 is 4.92 Å². The van der Waals surface area contributed by atoms with Gasteiger partial charge in [-0.2, -0.15) is 0 Å². The minimum Gasteiger partial charge on any atom is -0.487 e. The number of nitro benzene ring substituents is 1. The molecule has 2 aromatic rings. The number of hydrogen-bond donors (Lipinski definition) is 1. The lowest BCUT2D eigenvalue weighted by Gasteiger charge is -2.12. The topological polar surface area (TPSA) is 72.6 Å². The van der Waals surface area contributed by atoms with E-state index in [4.69, 9.17) is 27.9 Å². The number of hydrogen-bond acceptors (Lipinski definition) is 4. The normalized spacial score (nSPS) is 10.4. The first-order valence-electron chi connectivity index (χ1n) is 5.96. The Kier molecular flexibility index (Phi) is 5.01. The molecule has 110 valence electrons. The van der Waals surface area contributed by atoms with Crippen molar-refractivity contribution in [3.8, 4) is 5.75 Å². The molecule has 0 aliphatic carbocycles. The van der Waals surface area contributed by atoms with E-state index in [1.165, 1.54) is 18.2 Å². The Morgan fingerprint density at radius 1 is 1.19 bits per heavy atom. The fraction of sp³-hybridized carbons (Fsp3) is 0.143. The van der Waals surface area contributed by atoms with Gasteiger partial charge in [-0.05, 0) is 18.2 Å². The molecule has 0 radical (unpaired) electrons. The molecule has 21 heavy (non-hydrogen) atoms. The van der Waals surface area contributed by atoms with Gasteiger partial charge in [0.25, 0.3) is 5.69 Å². The van der Waals surface area contributed by atoms with E-state index in [2.05, 4.69) is 0 Å². The molecule has 0 aromatic heterocycles. The summed E-state index contributed by atoms with van der Waals surface area (Å²) in [6.07, 6.45) is 0. The van der Waals surface area contributed by atoms with Gasteiger partial charge in [0.15, 0.2) is 0 Å². The summed E-state index contributed by atoms with van der Waals surface area (Å²) in [5.41, 5.74) is 0.802. The van der Waals surface area contributed by atoms with Crippen LogP contribution in [0.3, 0.4) is 0 Å². The lowest BCUT2D eigenvalue weighted by Crippen LogP contribution is -2.02. The Bertz CT molecular complexity index is 676. The monoisotopic (exact) mass is 327 g/mol. The Balaban J connectivity index is 2.27. The molecule has 0 saturated heterocycles. The number of rotatable bonds is 5. The fourth-order valence-electron chi connectivity index (χ4n) is 1.85. The third kappa shape index (κ3) is 3.64. The van der Waals surface area contributed by atoms with Crippen LogP contribution in [0.2, 0.25) is 10.0 Å². The van der Waals surface area contributed by atoms with E-state index in [1.807, 2.05) is 0 Å². The first kappa shape index (κ1) is 15.6. The maximum atomic E-state index is 10.9. The van der Waals surface area contributed by atoms with Crippen molar-refractivity contribution in [2.24, 2.45) is 0 Å². The van der Waals surface area contributed by atoms with Gasteiger partial charge in [-0.1, -0.05) is 35.3 Å². The molecule has 2 rings (SSSR count). The second-order valence-electron chi connectivity index (χ2n) is 4.21. The SMILES string of the molecule is O=[N+]([O-])c1ccccc1COc1c(Cl)cc(Cl)cc1CO.